The molecule has 0 aliphatic rings. The molecule has 1 N–H and O–H groups in total. The standard InChI is InChI=1S/C13H15FO4/c1-9(17-2)8-18-12-5-4-11(14)7-10(12)3-6-13(15)16/h3-7,9H,8H2,1-2H3,(H,15,16)/b6-3+. The summed E-state index contributed by atoms with van der Waals surface area (Å²) in [7, 11) is 1.56. The molecule has 0 saturated heterocycles. The lowest BCUT2D eigenvalue weighted by molar-refractivity contribution is -0.131. The first-order chi connectivity index (χ1) is 8.52. The summed E-state index contributed by atoms with van der Waals surface area (Å²) >= 11 is 0. The minimum absolute atomic E-state index is 0.105. The molecule has 0 bridgehead atoms. The fourth-order valence-corrected chi connectivity index (χ4v) is 1.22. The molecule has 0 radical (unpaired) electrons. The Morgan fingerprint density at radius 1 is 1.56 bits per heavy atom. The van der Waals surface area contributed by atoms with Crippen LogP contribution in [0.2, 0.25) is 0 Å². The van der Waals surface area contributed by atoms with Crippen LogP contribution in [0.15, 0.2) is 24.3 Å². The number of carbonyl (C=O) groups is 1. The maximum atomic E-state index is 13.1. The highest BCUT2D eigenvalue weighted by Gasteiger charge is 2.06. The van der Waals surface area contributed by atoms with Crippen LogP contribution in [0.1, 0.15) is 12.5 Å². The second-order valence-corrected chi connectivity index (χ2v) is 3.71. The number of ether oxygens (including phenoxy) is 2. The van der Waals surface area contributed by atoms with Crippen molar-refractivity contribution in [2.24, 2.45) is 0 Å². The molecule has 0 saturated carbocycles. The molecule has 1 aromatic rings. The normalized spacial score (nSPS) is 12.6. The van der Waals surface area contributed by atoms with Gasteiger partial charge in [0.2, 0.25) is 0 Å². The van der Waals surface area contributed by atoms with Gasteiger partial charge in [-0.05, 0) is 31.2 Å². The third-order valence-electron chi connectivity index (χ3n) is 2.25. The van der Waals surface area contributed by atoms with Crippen LogP contribution in [0, 0.1) is 5.82 Å². The van der Waals surface area contributed by atoms with Crippen molar-refractivity contribution < 1.29 is 23.8 Å². The third-order valence-corrected chi connectivity index (χ3v) is 2.25. The van der Waals surface area contributed by atoms with Crippen molar-refractivity contribution >= 4 is 12.0 Å². The minimum Gasteiger partial charge on any atom is -0.490 e. The van der Waals surface area contributed by atoms with Gasteiger partial charge in [-0.3, -0.25) is 0 Å². The van der Waals surface area contributed by atoms with E-state index in [2.05, 4.69) is 0 Å². The van der Waals surface area contributed by atoms with Gasteiger partial charge in [-0.15, -0.1) is 0 Å². The number of halogens is 1. The summed E-state index contributed by atoms with van der Waals surface area (Å²) in [4.78, 5) is 10.4. The van der Waals surface area contributed by atoms with Gasteiger partial charge in [-0.1, -0.05) is 0 Å². The molecule has 0 aliphatic heterocycles. The third kappa shape index (κ3) is 4.55. The summed E-state index contributed by atoms with van der Waals surface area (Å²) in [5.41, 5.74) is 0.376. The van der Waals surface area contributed by atoms with E-state index in [0.29, 0.717) is 17.9 Å². The van der Waals surface area contributed by atoms with Crippen molar-refractivity contribution in [1.29, 1.82) is 0 Å². The van der Waals surface area contributed by atoms with E-state index in [1.54, 1.807) is 7.11 Å². The van der Waals surface area contributed by atoms with Gasteiger partial charge in [0.15, 0.2) is 0 Å². The molecule has 5 heteroatoms. The van der Waals surface area contributed by atoms with Crippen molar-refractivity contribution in [3.63, 3.8) is 0 Å². The number of aliphatic carboxylic acids is 1. The van der Waals surface area contributed by atoms with Gasteiger partial charge < -0.3 is 14.6 Å². The van der Waals surface area contributed by atoms with E-state index in [0.717, 1.165) is 6.08 Å². The van der Waals surface area contributed by atoms with Crippen molar-refractivity contribution in [3.05, 3.63) is 35.7 Å². The van der Waals surface area contributed by atoms with Gasteiger partial charge >= 0.3 is 5.97 Å². The zero-order valence-electron chi connectivity index (χ0n) is 10.2. The second kappa shape index (κ2) is 6.76. The number of benzene rings is 1. The number of methoxy groups -OCH3 is 1. The van der Waals surface area contributed by atoms with Crippen molar-refractivity contribution in [2.75, 3.05) is 13.7 Å². The van der Waals surface area contributed by atoms with E-state index in [1.165, 1.54) is 24.3 Å². The van der Waals surface area contributed by atoms with Crippen molar-refractivity contribution in [3.8, 4) is 5.75 Å². The zero-order chi connectivity index (χ0) is 13.5. The van der Waals surface area contributed by atoms with Gasteiger partial charge in [-0.2, -0.15) is 0 Å². The van der Waals surface area contributed by atoms with Gasteiger partial charge in [0, 0.05) is 18.7 Å². The van der Waals surface area contributed by atoms with E-state index < -0.39 is 11.8 Å². The molecule has 0 heterocycles. The summed E-state index contributed by atoms with van der Waals surface area (Å²) in [6.07, 6.45) is 2.12. The molecule has 1 rings (SSSR count). The molecule has 1 aromatic carbocycles. The molecule has 0 fully saturated rings. The maximum Gasteiger partial charge on any atom is 0.328 e. The molecular weight excluding hydrogens is 239 g/mol. The monoisotopic (exact) mass is 254 g/mol. The number of hydrogen-bond donors (Lipinski definition) is 1. The first-order valence-electron chi connectivity index (χ1n) is 5.39. The first-order valence-corrected chi connectivity index (χ1v) is 5.39. The van der Waals surface area contributed by atoms with E-state index in [9.17, 15) is 9.18 Å². The SMILES string of the molecule is COC(C)COc1ccc(F)cc1/C=C/C(=O)O. The highest BCUT2D eigenvalue weighted by atomic mass is 19.1. The van der Waals surface area contributed by atoms with Crippen LogP contribution >= 0.6 is 0 Å². The summed E-state index contributed by atoms with van der Waals surface area (Å²) in [5, 5.41) is 8.55. The predicted molar refractivity (Wildman–Crippen MR) is 65.0 cm³/mol. The predicted octanol–water partition coefficient (Wildman–Crippen LogP) is 2.34. The lowest BCUT2D eigenvalue weighted by Crippen LogP contribution is -2.16. The van der Waals surface area contributed by atoms with Gasteiger partial charge in [0.1, 0.15) is 18.2 Å². The highest BCUT2D eigenvalue weighted by Crippen LogP contribution is 2.21. The summed E-state index contributed by atoms with van der Waals surface area (Å²) in [5.74, 6) is -1.14. The van der Waals surface area contributed by atoms with Crippen LogP contribution in [0.5, 0.6) is 5.75 Å². The van der Waals surface area contributed by atoms with E-state index >= 15 is 0 Å². The van der Waals surface area contributed by atoms with Crippen LogP contribution in [-0.4, -0.2) is 30.9 Å². The number of hydrogen-bond acceptors (Lipinski definition) is 3. The molecule has 1 unspecified atom stereocenters. The Balaban J connectivity index is 2.86. The van der Waals surface area contributed by atoms with Crippen molar-refractivity contribution in [2.45, 2.75) is 13.0 Å². The highest BCUT2D eigenvalue weighted by molar-refractivity contribution is 5.85. The molecule has 0 aliphatic carbocycles. The van der Waals surface area contributed by atoms with Gasteiger partial charge in [0.25, 0.3) is 0 Å². The largest absolute Gasteiger partial charge is 0.490 e. The molecule has 0 amide bonds. The molecule has 0 spiro atoms. The molecule has 4 nitrogen and oxygen atoms in total. The molecule has 18 heavy (non-hydrogen) atoms. The molecule has 1 atom stereocenters. The van der Waals surface area contributed by atoms with Crippen LogP contribution in [0.3, 0.4) is 0 Å². The van der Waals surface area contributed by atoms with E-state index in [4.69, 9.17) is 14.6 Å². The topological polar surface area (TPSA) is 55.8 Å². The van der Waals surface area contributed by atoms with Crippen molar-refractivity contribution in [1.82, 2.24) is 0 Å². The molecule has 0 aromatic heterocycles. The Morgan fingerprint density at radius 3 is 2.89 bits per heavy atom. The molecule has 98 valence electrons. The second-order valence-electron chi connectivity index (χ2n) is 3.71. The lowest BCUT2D eigenvalue weighted by atomic mass is 10.2. The average Bonchev–Trinajstić information content (AvgIpc) is 2.34. The Morgan fingerprint density at radius 2 is 2.28 bits per heavy atom. The van der Waals surface area contributed by atoms with Crippen LogP contribution < -0.4 is 4.74 Å². The first kappa shape index (κ1) is 14.2. The minimum atomic E-state index is -1.10. The smallest absolute Gasteiger partial charge is 0.328 e. The van der Waals surface area contributed by atoms with Gasteiger partial charge in [-0.25, -0.2) is 9.18 Å². The number of carboxylic acids is 1. The molecular formula is C13H15FO4. The van der Waals surface area contributed by atoms with E-state index in [1.807, 2.05) is 6.92 Å². The quantitative estimate of drug-likeness (QED) is 0.792. The maximum absolute atomic E-state index is 13.1. The Bertz CT molecular complexity index is 443. The summed E-state index contributed by atoms with van der Waals surface area (Å²) < 4.78 is 23.5. The number of carboxylic acid groups (broad SMARTS) is 1. The zero-order valence-corrected chi connectivity index (χ0v) is 10.2. The van der Waals surface area contributed by atoms with Gasteiger partial charge in [0.05, 0.1) is 6.10 Å². The lowest BCUT2D eigenvalue weighted by Gasteiger charge is -2.13. The van der Waals surface area contributed by atoms with Crippen LogP contribution in [0.4, 0.5) is 4.39 Å². The Hall–Kier alpha value is -1.88. The van der Waals surface area contributed by atoms with E-state index in [-0.39, 0.29) is 6.10 Å². The van der Waals surface area contributed by atoms with Crippen LogP contribution in [0.25, 0.3) is 6.08 Å². The summed E-state index contributed by atoms with van der Waals surface area (Å²) in [6.45, 7) is 2.13. The Labute approximate surface area is 105 Å². The number of rotatable bonds is 6. The average molecular weight is 254 g/mol. The Kier molecular flexibility index (Phi) is 5.32. The fourth-order valence-electron chi connectivity index (χ4n) is 1.22. The summed E-state index contributed by atoms with van der Waals surface area (Å²) in [6, 6.07) is 3.93. The van der Waals surface area contributed by atoms with Crippen LogP contribution in [-0.2, 0) is 9.53 Å². The fraction of sp³-hybridized carbons (Fsp3) is 0.308.